The van der Waals surface area contributed by atoms with Crippen LogP contribution in [0.4, 0.5) is 0 Å². The van der Waals surface area contributed by atoms with E-state index in [1.165, 1.54) is 50.0 Å². The molecule has 1 spiro atoms. The van der Waals surface area contributed by atoms with E-state index in [-0.39, 0.29) is 5.60 Å². The molecule has 19 heavy (non-hydrogen) atoms. The second-order valence-electron chi connectivity index (χ2n) is 6.82. The van der Waals surface area contributed by atoms with Crippen LogP contribution < -0.4 is 5.32 Å². The molecule has 2 fully saturated rings. The Bertz CT molecular complexity index is 263. The second-order valence-corrected chi connectivity index (χ2v) is 7.89. The molecule has 0 aromatic carbocycles. The first-order valence-corrected chi connectivity index (χ1v) is 9.20. The van der Waals surface area contributed by atoms with Gasteiger partial charge in [0.05, 0.1) is 5.60 Å². The van der Waals surface area contributed by atoms with Crippen molar-refractivity contribution in [2.45, 2.75) is 64.0 Å². The van der Waals surface area contributed by atoms with Gasteiger partial charge in [-0.05, 0) is 50.3 Å². The van der Waals surface area contributed by atoms with Crippen LogP contribution in [0.1, 0.15) is 52.4 Å². The number of nitrogens with one attached hydrogen (secondary N) is 1. The van der Waals surface area contributed by atoms with E-state index in [1.54, 1.807) is 0 Å². The normalized spacial score (nSPS) is 28.1. The molecule has 3 heteroatoms. The van der Waals surface area contributed by atoms with Crippen LogP contribution in [0.25, 0.3) is 0 Å². The van der Waals surface area contributed by atoms with E-state index in [9.17, 15) is 0 Å². The van der Waals surface area contributed by atoms with Crippen LogP contribution in [-0.2, 0) is 4.74 Å². The Morgan fingerprint density at radius 1 is 1.26 bits per heavy atom. The minimum Gasteiger partial charge on any atom is -0.375 e. The van der Waals surface area contributed by atoms with Gasteiger partial charge in [-0.2, -0.15) is 11.8 Å². The van der Waals surface area contributed by atoms with E-state index in [4.69, 9.17) is 4.74 Å². The summed E-state index contributed by atoms with van der Waals surface area (Å²) in [5.74, 6) is 4.16. The Labute approximate surface area is 123 Å². The molecule has 1 aliphatic carbocycles. The van der Waals surface area contributed by atoms with Gasteiger partial charge in [0.1, 0.15) is 0 Å². The third-order valence-corrected chi connectivity index (χ3v) is 6.23. The number of ether oxygens (including phenoxy) is 1. The fourth-order valence-electron chi connectivity index (χ4n) is 3.66. The fourth-order valence-corrected chi connectivity index (χ4v) is 4.96. The van der Waals surface area contributed by atoms with Crippen molar-refractivity contribution < 1.29 is 4.74 Å². The molecule has 2 rings (SSSR count). The second kappa shape index (κ2) is 7.33. The topological polar surface area (TPSA) is 21.3 Å². The lowest BCUT2D eigenvalue weighted by molar-refractivity contribution is -0.0964. The molecule has 1 N–H and O–H groups in total. The highest BCUT2D eigenvalue weighted by atomic mass is 32.2. The maximum Gasteiger partial charge on any atom is 0.0685 e. The van der Waals surface area contributed by atoms with Crippen LogP contribution in [-0.4, -0.2) is 36.8 Å². The molecule has 1 saturated carbocycles. The molecule has 0 aromatic rings. The van der Waals surface area contributed by atoms with E-state index < -0.39 is 0 Å². The largest absolute Gasteiger partial charge is 0.375 e. The zero-order valence-corrected chi connectivity index (χ0v) is 13.7. The third kappa shape index (κ3) is 4.37. The molecule has 112 valence electrons. The molecule has 1 saturated heterocycles. The summed E-state index contributed by atoms with van der Waals surface area (Å²) in [7, 11) is 2.14. The van der Waals surface area contributed by atoms with E-state index in [2.05, 4.69) is 38.0 Å². The molecule has 0 amide bonds. The Hall–Kier alpha value is 0.270. The Balaban J connectivity index is 1.83. The maximum absolute atomic E-state index is 6.16. The summed E-state index contributed by atoms with van der Waals surface area (Å²) in [4.78, 5) is 0. The standard InChI is InChI=1S/C16H31NOS/c1-13(2)11-19-12-15(17-3)14-6-9-18-16(10-14)7-4-5-8-16/h13-15,17H,4-12H2,1-3H3. The van der Waals surface area contributed by atoms with Crippen LogP contribution in [0.3, 0.4) is 0 Å². The molecule has 0 bridgehead atoms. The third-order valence-electron chi connectivity index (χ3n) is 4.73. The van der Waals surface area contributed by atoms with Crippen LogP contribution in [0.5, 0.6) is 0 Å². The van der Waals surface area contributed by atoms with Gasteiger partial charge in [0, 0.05) is 18.4 Å². The predicted octanol–water partition coefficient (Wildman–Crippen LogP) is 3.70. The van der Waals surface area contributed by atoms with Gasteiger partial charge in [-0.15, -0.1) is 0 Å². The van der Waals surface area contributed by atoms with Crippen molar-refractivity contribution in [3.05, 3.63) is 0 Å². The van der Waals surface area contributed by atoms with Gasteiger partial charge in [0.2, 0.25) is 0 Å². The smallest absolute Gasteiger partial charge is 0.0685 e. The Morgan fingerprint density at radius 3 is 2.63 bits per heavy atom. The fraction of sp³-hybridized carbons (Fsp3) is 1.00. The zero-order valence-electron chi connectivity index (χ0n) is 12.9. The summed E-state index contributed by atoms with van der Waals surface area (Å²) in [6.07, 6.45) is 7.90. The summed E-state index contributed by atoms with van der Waals surface area (Å²) in [6.45, 7) is 5.60. The average Bonchev–Trinajstić information content (AvgIpc) is 2.82. The van der Waals surface area contributed by atoms with Gasteiger partial charge >= 0.3 is 0 Å². The van der Waals surface area contributed by atoms with Crippen LogP contribution >= 0.6 is 11.8 Å². The van der Waals surface area contributed by atoms with Crippen molar-refractivity contribution in [1.29, 1.82) is 0 Å². The van der Waals surface area contributed by atoms with Crippen molar-refractivity contribution in [2.75, 3.05) is 25.2 Å². The van der Waals surface area contributed by atoms with Crippen molar-refractivity contribution in [1.82, 2.24) is 5.32 Å². The van der Waals surface area contributed by atoms with Gasteiger partial charge in [0.15, 0.2) is 0 Å². The first-order valence-electron chi connectivity index (χ1n) is 8.04. The maximum atomic E-state index is 6.16. The molecule has 1 heterocycles. The minimum absolute atomic E-state index is 0.265. The van der Waals surface area contributed by atoms with Gasteiger partial charge in [-0.25, -0.2) is 0 Å². The summed E-state index contributed by atoms with van der Waals surface area (Å²) in [6, 6.07) is 0.671. The number of hydrogen-bond donors (Lipinski definition) is 1. The predicted molar refractivity (Wildman–Crippen MR) is 84.9 cm³/mol. The molecule has 2 nitrogen and oxygen atoms in total. The molecule has 2 unspecified atom stereocenters. The Kier molecular flexibility index (Phi) is 6.04. The van der Waals surface area contributed by atoms with Crippen LogP contribution in [0.2, 0.25) is 0 Å². The Morgan fingerprint density at radius 2 is 2.00 bits per heavy atom. The first-order chi connectivity index (χ1) is 9.15. The van der Waals surface area contributed by atoms with Gasteiger partial charge in [0.25, 0.3) is 0 Å². The lowest BCUT2D eigenvalue weighted by Gasteiger charge is -2.41. The summed E-state index contributed by atoms with van der Waals surface area (Å²) >= 11 is 2.12. The van der Waals surface area contributed by atoms with Crippen LogP contribution in [0.15, 0.2) is 0 Å². The van der Waals surface area contributed by atoms with Gasteiger partial charge in [-0.1, -0.05) is 26.7 Å². The van der Waals surface area contributed by atoms with E-state index in [0.717, 1.165) is 18.4 Å². The van der Waals surface area contributed by atoms with Gasteiger partial charge < -0.3 is 10.1 Å². The molecule has 0 aromatic heterocycles. The molecule has 1 aliphatic heterocycles. The number of rotatable bonds is 6. The van der Waals surface area contributed by atoms with Crippen molar-refractivity contribution in [2.24, 2.45) is 11.8 Å². The lowest BCUT2D eigenvalue weighted by Crippen LogP contribution is -2.46. The van der Waals surface area contributed by atoms with Crippen molar-refractivity contribution >= 4 is 11.8 Å². The zero-order chi connectivity index (χ0) is 13.7. The highest BCUT2D eigenvalue weighted by molar-refractivity contribution is 7.99. The molecule has 0 radical (unpaired) electrons. The first kappa shape index (κ1) is 15.7. The summed E-state index contributed by atoms with van der Waals surface area (Å²) in [5.41, 5.74) is 0.265. The number of thioether (sulfide) groups is 1. The quantitative estimate of drug-likeness (QED) is 0.804. The highest BCUT2D eigenvalue weighted by Gasteiger charge is 2.41. The SMILES string of the molecule is CNC(CSCC(C)C)C1CCOC2(CCCC2)C1. The number of hydrogen-bond acceptors (Lipinski definition) is 3. The van der Waals surface area contributed by atoms with E-state index >= 15 is 0 Å². The molecule has 2 atom stereocenters. The van der Waals surface area contributed by atoms with E-state index in [1.807, 2.05) is 0 Å². The molecular formula is C16H31NOS. The molecule has 2 aliphatic rings. The average molecular weight is 285 g/mol. The van der Waals surface area contributed by atoms with Gasteiger partial charge in [-0.3, -0.25) is 0 Å². The van der Waals surface area contributed by atoms with Crippen molar-refractivity contribution in [3.63, 3.8) is 0 Å². The van der Waals surface area contributed by atoms with Crippen molar-refractivity contribution in [3.8, 4) is 0 Å². The van der Waals surface area contributed by atoms with Crippen LogP contribution in [0, 0.1) is 11.8 Å². The van der Waals surface area contributed by atoms with E-state index in [0.29, 0.717) is 6.04 Å². The lowest BCUT2D eigenvalue weighted by atomic mass is 9.81. The summed E-state index contributed by atoms with van der Waals surface area (Å²) in [5, 5.41) is 3.58. The monoisotopic (exact) mass is 285 g/mol. The molecular weight excluding hydrogens is 254 g/mol. The highest BCUT2D eigenvalue weighted by Crippen LogP contribution is 2.43. The minimum atomic E-state index is 0.265. The summed E-state index contributed by atoms with van der Waals surface area (Å²) < 4.78 is 6.16.